The smallest absolute Gasteiger partial charge is 0.203 e. The van der Waals surface area contributed by atoms with Crippen LogP contribution in [0.25, 0.3) is 0 Å². The Labute approximate surface area is 114 Å². The summed E-state index contributed by atoms with van der Waals surface area (Å²) in [5.74, 6) is 1.77. The van der Waals surface area contributed by atoms with Crippen molar-refractivity contribution in [2.75, 3.05) is 33.3 Å². The highest BCUT2D eigenvalue weighted by molar-refractivity contribution is 5.63. The number of hydrogen-bond acceptors (Lipinski definition) is 5. The van der Waals surface area contributed by atoms with Crippen LogP contribution >= 0.6 is 0 Å². The zero-order chi connectivity index (χ0) is 14.5. The van der Waals surface area contributed by atoms with Crippen molar-refractivity contribution in [3.8, 4) is 17.2 Å². The molecule has 5 nitrogen and oxygen atoms in total. The van der Waals surface area contributed by atoms with Gasteiger partial charge in [0, 0.05) is 30.0 Å². The van der Waals surface area contributed by atoms with Crippen molar-refractivity contribution in [2.45, 2.75) is 25.8 Å². The van der Waals surface area contributed by atoms with Crippen LogP contribution < -0.4 is 19.5 Å². The quantitative estimate of drug-likeness (QED) is 0.795. The van der Waals surface area contributed by atoms with Crippen molar-refractivity contribution in [2.24, 2.45) is 0 Å². The summed E-state index contributed by atoms with van der Waals surface area (Å²) in [5, 5.41) is 12.4. The molecule has 1 aromatic carbocycles. The van der Waals surface area contributed by atoms with Gasteiger partial charge in [-0.1, -0.05) is 0 Å². The Morgan fingerprint density at radius 1 is 1.05 bits per heavy atom. The zero-order valence-electron chi connectivity index (χ0n) is 12.2. The molecule has 0 unspecified atom stereocenters. The summed E-state index contributed by atoms with van der Waals surface area (Å²) in [6, 6.07) is 3.70. The molecule has 1 rings (SSSR count). The molecule has 0 bridgehead atoms. The molecule has 2 N–H and O–H groups in total. The van der Waals surface area contributed by atoms with Gasteiger partial charge in [-0.2, -0.15) is 0 Å². The number of aliphatic hydroxyl groups is 1. The van der Waals surface area contributed by atoms with E-state index in [1.165, 1.54) is 0 Å². The number of nitrogens with one attached hydrogen (secondary N) is 1. The maximum absolute atomic E-state index is 9.05. The second-order valence-corrected chi connectivity index (χ2v) is 4.90. The van der Waals surface area contributed by atoms with E-state index in [1.54, 1.807) is 21.3 Å². The standard InChI is InChI=1S/C14H23NO4/c1-14(2,6-7-16)15-10-8-11(17-3)13(19-5)12(9-10)18-4/h8-9,15-16H,6-7H2,1-5H3. The van der Waals surface area contributed by atoms with Gasteiger partial charge in [-0.25, -0.2) is 0 Å². The first kappa shape index (κ1) is 15.4. The molecule has 0 aliphatic rings. The molecule has 0 aromatic heterocycles. The minimum atomic E-state index is -0.223. The fourth-order valence-corrected chi connectivity index (χ4v) is 1.89. The molecule has 0 amide bonds. The first-order chi connectivity index (χ1) is 8.97. The van der Waals surface area contributed by atoms with Crippen LogP contribution in [0.5, 0.6) is 17.2 Å². The van der Waals surface area contributed by atoms with Crippen LogP contribution in [0.4, 0.5) is 5.69 Å². The van der Waals surface area contributed by atoms with Crippen LogP contribution in [0.1, 0.15) is 20.3 Å². The molecule has 0 saturated carbocycles. The number of aliphatic hydroxyl groups excluding tert-OH is 1. The monoisotopic (exact) mass is 269 g/mol. The van der Waals surface area contributed by atoms with Gasteiger partial charge >= 0.3 is 0 Å². The summed E-state index contributed by atoms with van der Waals surface area (Å²) >= 11 is 0. The first-order valence-corrected chi connectivity index (χ1v) is 6.16. The first-order valence-electron chi connectivity index (χ1n) is 6.16. The third-order valence-electron chi connectivity index (χ3n) is 2.88. The average Bonchev–Trinajstić information content (AvgIpc) is 2.36. The Morgan fingerprint density at radius 3 is 1.95 bits per heavy atom. The van der Waals surface area contributed by atoms with Crippen molar-refractivity contribution in [1.29, 1.82) is 0 Å². The van der Waals surface area contributed by atoms with Crippen molar-refractivity contribution in [3.63, 3.8) is 0 Å². The highest BCUT2D eigenvalue weighted by Gasteiger charge is 2.19. The van der Waals surface area contributed by atoms with Gasteiger partial charge in [-0.3, -0.25) is 0 Å². The van der Waals surface area contributed by atoms with Gasteiger partial charge in [0.05, 0.1) is 21.3 Å². The topological polar surface area (TPSA) is 60.0 Å². The second kappa shape index (κ2) is 6.52. The minimum Gasteiger partial charge on any atom is -0.493 e. The Hall–Kier alpha value is -1.62. The van der Waals surface area contributed by atoms with Crippen molar-refractivity contribution in [3.05, 3.63) is 12.1 Å². The lowest BCUT2D eigenvalue weighted by Crippen LogP contribution is -2.31. The molecule has 0 heterocycles. The fraction of sp³-hybridized carbons (Fsp3) is 0.571. The predicted octanol–water partition coefficient (Wildman–Crippen LogP) is 2.29. The number of benzene rings is 1. The molecule has 19 heavy (non-hydrogen) atoms. The summed E-state index contributed by atoms with van der Waals surface area (Å²) in [6.45, 7) is 4.17. The zero-order valence-corrected chi connectivity index (χ0v) is 12.2. The van der Waals surface area contributed by atoms with Crippen LogP contribution in [-0.2, 0) is 0 Å². The van der Waals surface area contributed by atoms with Crippen LogP contribution in [0, 0.1) is 0 Å². The van der Waals surface area contributed by atoms with E-state index in [0.717, 1.165) is 5.69 Å². The largest absolute Gasteiger partial charge is 0.493 e. The third kappa shape index (κ3) is 3.92. The van der Waals surface area contributed by atoms with Crippen molar-refractivity contribution in [1.82, 2.24) is 0 Å². The van der Waals surface area contributed by atoms with Crippen molar-refractivity contribution >= 4 is 5.69 Å². The molecule has 108 valence electrons. The lowest BCUT2D eigenvalue weighted by Gasteiger charge is -2.27. The van der Waals surface area contributed by atoms with E-state index in [4.69, 9.17) is 19.3 Å². The van der Waals surface area contributed by atoms with E-state index in [0.29, 0.717) is 23.7 Å². The number of rotatable bonds is 7. The highest BCUT2D eigenvalue weighted by atomic mass is 16.5. The SMILES string of the molecule is COc1cc(NC(C)(C)CCO)cc(OC)c1OC. The molecule has 0 radical (unpaired) electrons. The Kier molecular flexibility index (Phi) is 5.30. The summed E-state index contributed by atoms with van der Waals surface area (Å²) in [5.41, 5.74) is 0.632. The molecule has 0 saturated heterocycles. The fourth-order valence-electron chi connectivity index (χ4n) is 1.89. The molecule has 0 fully saturated rings. The summed E-state index contributed by atoms with van der Waals surface area (Å²) in [7, 11) is 4.74. The Balaban J connectivity index is 3.09. The van der Waals surface area contributed by atoms with Crippen LogP contribution in [0.3, 0.4) is 0 Å². The summed E-state index contributed by atoms with van der Waals surface area (Å²) in [6.07, 6.45) is 0.643. The van der Waals surface area contributed by atoms with Crippen LogP contribution in [0.2, 0.25) is 0 Å². The number of hydrogen-bond donors (Lipinski definition) is 2. The molecule has 0 aliphatic carbocycles. The summed E-state index contributed by atoms with van der Waals surface area (Å²) in [4.78, 5) is 0. The van der Waals surface area contributed by atoms with E-state index in [2.05, 4.69) is 5.32 Å². The molecule has 1 aromatic rings. The molecule has 0 atom stereocenters. The van der Waals surface area contributed by atoms with Gasteiger partial charge in [-0.05, 0) is 20.3 Å². The maximum atomic E-state index is 9.05. The lowest BCUT2D eigenvalue weighted by molar-refractivity contribution is 0.260. The van der Waals surface area contributed by atoms with Gasteiger partial charge in [0.1, 0.15) is 0 Å². The van der Waals surface area contributed by atoms with E-state index in [-0.39, 0.29) is 12.1 Å². The third-order valence-corrected chi connectivity index (χ3v) is 2.88. The van der Waals surface area contributed by atoms with E-state index >= 15 is 0 Å². The highest BCUT2D eigenvalue weighted by Crippen LogP contribution is 2.40. The van der Waals surface area contributed by atoms with Gasteiger partial charge < -0.3 is 24.6 Å². The molecule has 0 aliphatic heterocycles. The summed E-state index contributed by atoms with van der Waals surface area (Å²) < 4.78 is 15.9. The minimum absolute atomic E-state index is 0.129. The Bertz CT molecular complexity index is 393. The lowest BCUT2D eigenvalue weighted by atomic mass is 10.0. The molecule has 5 heteroatoms. The number of ether oxygens (including phenoxy) is 3. The molecular formula is C14H23NO4. The van der Waals surface area contributed by atoms with Gasteiger partial charge in [0.15, 0.2) is 11.5 Å². The predicted molar refractivity (Wildman–Crippen MR) is 75.5 cm³/mol. The normalized spacial score (nSPS) is 11.1. The van der Waals surface area contributed by atoms with Crippen LogP contribution in [0.15, 0.2) is 12.1 Å². The van der Waals surface area contributed by atoms with Crippen molar-refractivity contribution < 1.29 is 19.3 Å². The molecule has 0 spiro atoms. The van der Waals surface area contributed by atoms with E-state index < -0.39 is 0 Å². The number of anilines is 1. The molecular weight excluding hydrogens is 246 g/mol. The van der Waals surface area contributed by atoms with Gasteiger partial charge in [0.2, 0.25) is 5.75 Å². The average molecular weight is 269 g/mol. The van der Waals surface area contributed by atoms with Gasteiger partial charge in [-0.15, -0.1) is 0 Å². The maximum Gasteiger partial charge on any atom is 0.203 e. The number of methoxy groups -OCH3 is 3. The van der Waals surface area contributed by atoms with Gasteiger partial charge in [0.25, 0.3) is 0 Å². The van der Waals surface area contributed by atoms with Crippen LogP contribution in [-0.4, -0.2) is 38.6 Å². The van der Waals surface area contributed by atoms with E-state index in [9.17, 15) is 0 Å². The van der Waals surface area contributed by atoms with E-state index in [1.807, 2.05) is 26.0 Å². The Morgan fingerprint density at radius 2 is 1.58 bits per heavy atom. The second-order valence-electron chi connectivity index (χ2n) is 4.90.